The van der Waals surface area contributed by atoms with Crippen LogP contribution < -0.4 is 25.0 Å². The second-order valence-electron chi connectivity index (χ2n) is 14.7. The molecule has 2 N–H and O–H groups in total. The normalized spacial score (nSPS) is 14.6. The number of pyridine rings is 1. The number of halogens is 2. The lowest BCUT2D eigenvalue weighted by atomic mass is 9.80. The fourth-order valence-electron chi connectivity index (χ4n) is 5.32. The quantitative estimate of drug-likeness (QED) is 0.161. The summed E-state index contributed by atoms with van der Waals surface area (Å²) >= 11 is 12.8. The van der Waals surface area contributed by atoms with Crippen molar-refractivity contribution in [3.63, 3.8) is 0 Å². The van der Waals surface area contributed by atoms with Gasteiger partial charge >= 0.3 is 12.2 Å². The summed E-state index contributed by atoms with van der Waals surface area (Å²) in [6.45, 7) is 15.2. The maximum Gasteiger partial charge on any atom is 0.413 e. The number of carbonyl (C=O) groups excluding carboxylic acids is 2. The Balaban J connectivity index is 1.41. The van der Waals surface area contributed by atoms with Crippen LogP contribution in [0.4, 0.5) is 21.2 Å². The molecule has 1 aliphatic heterocycles. The molecule has 1 aliphatic rings. The molecule has 2 amide bonds. The summed E-state index contributed by atoms with van der Waals surface area (Å²) in [5, 5.41) is 10.2. The number of hydrogen-bond donors (Lipinski definition) is 2. The zero-order valence-electron chi connectivity index (χ0n) is 30.1. The summed E-state index contributed by atoms with van der Waals surface area (Å²) in [6, 6.07) is 9.05. The molecule has 0 atom stereocenters. The molecule has 1 aromatic carbocycles. The third-order valence-electron chi connectivity index (χ3n) is 7.96. The standard InChI is InChI=1S/C35H44Cl2N8O6/c1-33(2,3)50-31(46)39-20-35(7)13-15-44(16-14-35)25-18-38-27-29(42-25)45(19-21-9-11-22(48-8)12-10-21)43-30(27)49-23-17-24(40-28(37)26(23)36)41-32(47)51-34(4,5)6/h9-12,17-18H,13-16,19-20H2,1-8H3,(H,39,46)(H,40,41,47). The van der Waals surface area contributed by atoms with Crippen molar-refractivity contribution >= 4 is 58.2 Å². The summed E-state index contributed by atoms with van der Waals surface area (Å²) < 4.78 is 24.0. The second kappa shape index (κ2) is 15.0. The molecule has 1 saturated heterocycles. The highest BCUT2D eigenvalue weighted by Gasteiger charge is 2.32. The van der Waals surface area contributed by atoms with Gasteiger partial charge < -0.3 is 29.2 Å². The predicted octanol–water partition coefficient (Wildman–Crippen LogP) is 7.86. The first-order valence-corrected chi connectivity index (χ1v) is 17.3. The first kappa shape index (κ1) is 37.7. The van der Waals surface area contributed by atoms with Crippen molar-refractivity contribution in [2.75, 3.05) is 37.0 Å². The van der Waals surface area contributed by atoms with Crippen LogP contribution >= 0.6 is 23.2 Å². The minimum Gasteiger partial charge on any atom is -0.497 e. The van der Waals surface area contributed by atoms with Crippen molar-refractivity contribution in [1.82, 2.24) is 30.0 Å². The number of methoxy groups -OCH3 is 1. The van der Waals surface area contributed by atoms with Crippen molar-refractivity contribution in [3.05, 3.63) is 52.3 Å². The number of fused-ring (bicyclic) bond motifs is 1. The largest absolute Gasteiger partial charge is 0.497 e. The predicted molar refractivity (Wildman–Crippen MR) is 195 cm³/mol. The zero-order valence-corrected chi connectivity index (χ0v) is 31.6. The molecular formula is C35H44Cl2N8O6. The van der Waals surface area contributed by atoms with Crippen LogP contribution in [0.25, 0.3) is 11.2 Å². The lowest BCUT2D eigenvalue weighted by molar-refractivity contribution is 0.0494. The van der Waals surface area contributed by atoms with Gasteiger partial charge in [0.1, 0.15) is 33.6 Å². The molecular weight excluding hydrogens is 699 g/mol. The molecule has 51 heavy (non-hydrogen) atoms. The summed E-state index contributed by atoms with van der Waals surface area (Å²) in [5.41, 5.74) is 0.432. The molecule has 3 aromatic heterocycles. The molecule has 0 unspecified atom stereocenters. The topological polar surface area (TPSA) is 155 Å². The number of benzene rings is 1. The van der Waals surface area contributed by atoms with Crippen LogP contribution in [0.1, 0.15) is 66.9 Å². The third kappa shape index (κ3) is 10.0. The molecule has 16 heteroatoms. The minimum absolute atomic E-state index is 0.0198. The van der Waals surface area contributed by atoms with Gasteiger partial charge in [-0.15, -0.1) is 5.10 Å². The molecule has 0 spiro atoms. The van der Waals surface area contributed by atoms with Crippen LogP contribution in [0.2, 0.25) is 10.2 Å². The Morgan fingerprint density at radius 2 is 1.61 bits per heavy atom. The van der Waals surface area contributed by atoms with Crippen molar-refractivity contribution in [3.8, 4) is 17.4 Å². The number of ether oxygens (including phenoxy) is 4. The van der Waals surface area contributed by atoms with Crippen molar-refractivity contribution < 1.29 is 28.5 Å². The lowest BCUT2D eigenvalue weighted by Crippen LogP contribution is -2.46. The summed E-state index contributed by atoms with van der Waals surface area (Å²) in [7, 11) is 1.61. The number of piperidine rings is 1. The van der Waals surface area contributed by atoms with Gasteiger partial charge in [0.25, 0.3) is 5.88 Å². The third-order valence-corrected chi connectivity index (χ3v) is 8.70. The Kier molecular flexibility index (Phi) is 11.1. The lowest BCUT2D eigenvalue weighted by Gasteiger charge is -2.40. The van der Waals surface area contributed by atoms with Crippen LogP contribution in [0.15, 0.2) is 36.5 Å². The molecule has 274 valence electrons. The average Bonchev–Trinajstić information content (AvgIpc) is 3.37. The Bertz CT molecular complexity index is 1880. The Hall–Kier alpha value is -4.56. The second-order valence-corrected chi connectivity index (χ2v) is 15.4. The smallest absolute Gasteiger partial charge is 0.413 e. The number of alkyl carbamates (subject to hydrolysis) is 1. The van der Waals surface area contributed by atoms with E-state index in [2.05, 4.69) is 27.4 Å². The monoisotopic (exact) mass is 742 g/mol. The summed E-state index contributed by atoms with van der Waals surface area (Å²) in [6.07, 6.45) is 2.19. The van der Waals surface area contributed by atoms with Gasteiger partial charge in [-0.2, -0.15) is 0 Å². The van der Waals surface area contributed by atoms with E-state index in [-0.39, 0.29) is 33.0 Å². The highest BCUT2D eigenvalue weighted by molar-refractivity contribution is 6.42. The van der Waals surface area contributed by atoms with Crippen molar-refractivity contribution in [2.24, 2.45) is 5.41 Å². The molecule has 0 bridgehead atoms. The number of nitrogens with one attached hydrogen (secondary N) is 2. The van der Waals surface area contributed by atoms with E-state index in [4.69, 9.17) is 57.2 Å². The van der Waals surface area contributed by atoms with Gasteiger partial charge in [0.15, 0.2) is 22.1 Å². The number of rotatable bonds is 9. The van der Waals surface area contributed by atoms with Crippen LogP contribution in [-0.2, 0) is 16.0 Å². The highest BCUT2D eigenvalue weighted by atomic mass is 35.5. The number of amides is 2. The first-order valence-electron chi connectivity index (χ1n) is 16.5. The van der Waals surface area contributed by atoms with Crippen molar-refractivity contribution in [1.29, 1.82) is 0 Å². The molecule has 1 fully saturated rings. The molecule has 0 radical (unpaired) electrons. The van der Waals surface area contributed by atoms with Gasteiger partial charge in [-0.3, -0.25) is 5.32 Å². The van der Waals surface area contributed by atoms with Crippen LogP contribution in [-0.4, -0.2) is 74.9 Å². The molecule has 5 rings (SSSR count). The van der Waals surface area contributed by atoms with Crippen LogP contribution in [0.5, 0.6) is 17.4 Å². The SMILES string of the molecule is COc1ccc(Cn2nc(Oc3cc(NC(=O)OC(C)(C)C)nc(Cl)c3Cl)c3ncc(N4CCC(C)(CNC(=O)OC(C)(C)C)CC4)nc32)cc1. The van der Waals surface area contributed by atoms with E-state index in [1.54, 1.807) is 38.8 Å². The number of anilines is 2. The van der Waals surface area contributed by atoms with E-state index in [1.807, 2.05) is 45.0 Å². The Labute approximate surface area is 307 Å². The van der Waals surface area contributed by atoms with E-state index >= 15 is 0 Å². The van der Waals surface area contributed by atoms with E-state index in [0.29, 0.717) is 43.2 Å². The fourth-order valence-corrected chi connectivity index (χ4v) is 5.64. The average molecular weight is 744 g/mol. The van der Waals surface area contributed by atoms with E-state index in [9.17, 15) is 9.59 Å². The van der Waals surface area contributed by atoms with E-state index in [0.717, 1.165) is 24.2 Å². The molecule has 4 aromatic rings. The fraction of sp³-hybridized carbons (Fsp3) is 0.486. The molecule has 0 aliphatic carbocycles. The summed E-state index contributed by atoms with van der Waals surface area (Å²) in [4.78, 5) is 40.8. The zero-order chi connectivity index (χ0) is 37.1. The number of aromatic nitrogens is 5. The number of hydrogen-bond acceptors (Lipinski definition) is 11. The van der Waals surface area contributed by atoms with E-state index in [1.165, 1.54) is 6.07 Å². The van der Waals surface area contributed by atoms with Gasteiger partial charge in [0.05, 0.1) is 19.9 Å². The molecule has 14 nitrogen and oxygen atoms in total. The summed E-state index contributed by atoms with van der Waals surface area (Å²) in [5.74, 6) is 1.71. The maximum absolute atomic E-state index is 12.4. The van der Waals surface area contributed by atoms with Gasteiger partial charge in [-0.25, -0.2) is 29.2 Å². The van der Waals surface area contributed by atoms with Gasteiger partial charge in [-0.1, -0.05) is 42.3 Å². The highest BCUT2D eigenvalue weighted by Crippen LogP contribution is 2.38. The van der Waals surface area contributed by atoms with Gasteiger partial charge in [-0.05, 0) is 77.5 Å². The maximum atomic E-state index is 12.4. The Morgan fingerprint density at radius 1 is 0.961 bits per heavy atom. The van der Waals surface area contributed by atoms with Gasteiger partial charge in [0.2, 0.25) is 0 Å². The first-order chi connectivity index (χ1) is 23.9. The van der Waals surface area contributed by atoms with Crippen LogP contribution in [0.3, 0.4) is 0 Å². The van der Waals surface area contributed by atoms with Crippen molar-refractivity contribution in [2.45, 2.75) is 79.1 Å². The minimum atomic E-state index is -0.723. The van der Waals surface area contributed by atoms with Crippen LogP contribution in [0, 0.1) is 5.41 Å². The number of nitrogens with zero attached hydrogens (tertiary/aromatic N) is 6. The Morgan fingerprint density at radius 3 is 2.24 bits per heavy atom. The van der Waals surface area contributed by atoms with E-state index < -0.39 is 23.4 Å². The molecule has 4 heterocycles. The molecule has 0 saturated carbocycles. The van der Waals surface area contributed by atoms with Gasteiger partial charge in [0, 0.05) is 25.7 Å². The number of carbonyl (C=O) groups is 2.